The highest BCUT2D eigenvalue weighted by atomic mass is 16.5. The Morgan fingerprint density at radius 1 is 1.09 bits per heavy atom. The molecule has 1 aromatic heterocycles. The van der Waals surface area contributed by atoms with Crippen LogP contribution in [0.15, 0.2) is 48.7 Å². The van der Waals surface area contributed by atoms with Gasteiger partial charge in [-0.05, 0) is 48.1 Å². The van der Waals surface area contributed by atoms with Gasteiger partial charge in [-0.15, -0.1) is 0 Å². The Hall–Kier alpha value is -2.99. The Morgan fingerprint density at radius 2 is 1.88 bits per heavy atom. The van der Waals surface area contributed by atoms with E-state index in [9.17, 15) is 4.79 Å². The number of methoxy groups -OCH3 is 1. The van der Waals surface area contributed by atoms with E-state index in [1.54, 1.807) is 7.11 Å². The molecule has 2 aliphatic heterocycles. The third-order valence-electron chi connectivity index (χ3n) is 7.04. The van der Waals surface area contributed by atoms with E-state index >= 15 is 0 Å². The van der Waals surface area contributed by atoms with Gasteiger partial charge < -0.3 is 19.5 Å². The number of H-pyrrole nitrogens is 1. The van der Waals surface area contributed by atoms with E-state index in [0.29, 0.717) is 5.92 Å². The molecular weight excluding hydrogens is 412 g/mol. The van der Waals surface area contributed by atoms with Crippen molar-refractivity contribution in [2.75, 3.05) is 38.2 Å². The van der Waals surface area contributed by atoms with Gasteiger partial charge in [0.15, 0.2) is 0 Å². The molecule has 0 saturated carbocycles. The molecule has 6 heteroatoms. The topological polar surface area (TPSA) is 60.6 Å². The summed E-state index contributed by atoms with van der Waals surface area (Å²) in [5, 5.41) is 5.06. The molecule has 0 spiro atoms. The molecule has 0 radical (unpaired) electrons. The van der Waals surface area contributed by atoms with Crippen molar-refractivity contribution in [1.29, 1.82) is 0 Å². The molecular formula is C27H34N4O2. The van der Waals surface area contributed by atoms with E-state index < -0.39 is 0 Å². The largest absolute Gasteiger partial charge is 0.495 e. The number of carbonyl (C=O) groups is 1. The summed E-state index contributed by atoms with van der Waals surface area (Å²) in [5.74, 6) is 1.64. The lowest BCUT2D eigenvalue weighted by Gasteiger charge is -2.38. The highest BCUT2D eigenvalue weighted by Crippen LogP contribution is 2.35. The number of ether oxygens (including phenoxy) is 1. The van der Waals surface area contributed by atoms with E-state index in [0.717, 1.165) is 56.0 Å². The van der Waals surface area contributed by atoms with Crippen LogP contribution in [0.1, 0.15) is 37.4 Å². The highest BCUT2D eigenvalue weighted by Gasteiger charge is 2.33. The SMILES string of the molecule is COc1ccccc1N1CCN(C(=O)C2Cc3c[nH]c4cccc(c34)C(CC(C)C)N2)CC1. The van der Waals surface area contributed by atoms with Crippen LogP contribution < -0.4 is 15.0 Å². The minimum absolute atomic E-state index is 0.176. The molecule has 1 saturated heterocycles. The van der Waals surface area contributed by atoms with E-state index in [-0.39, 0.29) is 18.0 Å². The van der Waals surface area contributed by atoms with Gasteiger partial charge in [0.25, 0.3) is 0 Å². The smallest absolute Gasteiger partial charge is 0.240 e. The van der Waals surface area contributed by atoms with Crippen LogP contribution >= 0.6 is 0 Å². The third kappa shape index (κ3) is 4.20. The molecule has 2 unspecified atom stereocenters. The van der Waals surface area contributed by atoms with E-state index in [2.05, 4.69) is 59.5 Å². The van der Waals surface area contributed by atoms with Crippen molar-refractivity contribution in [3.05, 3.63) is 59.8 Å². The Balaban J connectivity index is 1.34. The van der Waals surface area contributed by atoms with Gasteiger partial charge in [0.05, 0.1) is 18.8 Å². The number of piperazine rings is 1. The van der Waals surface area contributed by atoms with Gasteiger partial charge in [0, 0.05) is 49.3 Å². The molecule has 2 atom stereocenters. The summed E-state index contributed by atoms with van der Waals surface area (Å²) >= 11 is 0. The molecule has 2 aromatic carbocycles. The molecule has 6 nitrogen and oxygen atoms in total. The Morgan fingerprint density at radius 3 is 2.64 bits per heavy atom. The van der Waals surface area contributed by atoms with Crippen molar-refractivity contribution >= 4 is 22.5 Å². The lowest BCUT2D eigenvalue weighted by Crippen LogP contribution is -2.55. The zero-order valence-electron chi connectivity index (χ0n) is 19.8. The average molecular weight is 447 g/mol. The maximum absolute atomic E-state index is 13.7. The maximum Gasteiger partial charge on any atom is 0.240 e. The fourth-order valence-electron chi connectivity index (χ4n) is 5.45. The number of benzene rings is 2. The fraction of sp³-hybridized carbons (Fsp3) is 0.444. The quantitative estimate of drug-likeness (QED) is 0.619. The van der Waals surface area contributed by atoms with Crippen molar-refractivity contribution in [2.24, 2.45) is 5.92 Å². The van der Waals surface area contributed by atoms with Gasteiger partial charge in [-0.3, -0.25) is 10.1 Å². The highest BCUT2D eigenvalue weighted by molar-refractivity contribution is 5.90. The number of anilines is 1. The molecule has 33 heavy (non-hydrogen) atoms. The fourth-order valence-corrected chi connectivity index (χ4v) is 5.45. The van der Waals surface area contributed by atoms with Crippen LogP contribution in [0.5, 0.6) is 5.75 Å². The van der Waals surface area contributed by atoms with Crippen molar-refractivity contribution in [2.45, 2.75) is 38.8 Å². The van der Waals surface area contributed by atoms with Crippen LogP contribution in [0, 0.1) is 5.92 Å². The lowest BCUT2D eigenvalue weighted by molar-refractivity contribution is -0.134. The molecule has 0 aliphatic carbocycles. The van der Waals surface area contributed by atoms with Crippen molar-refractivity contribution < 1.29 is 9.53 Å². The second kappa shape index (κ2) is 9.10. The predicted molar refractivity (Wildman–Crippen MR) is 133 cm³/mol. The maximum atomic E-state index is 13.7. The number of hydrogen-bond donors (Lipinski definition) is 2. The number of para-hydroxylation sites is 2. The van der Waals surface area contributed by atoms with E-state index in [1.807, 2.05) is 23.1 Å². The third-order valence-corrected chi connectivity index (χ3v) is 7.04. The number of aromatic amines is 1. The normalized spacial score (nSPS) is 20.8. The lowest BCUT2D eigenvalue weighted by atomic mass is 9.94. The summed E-state index contributed by atoms with van der Waals surface area (Å²) in [6.07, 6.45) is 3.82. The van der Waals surface area contributed by atoms with Crippen LogP contribution in [0.4, 0.5) is 5.69 Å². The standard InChI is InChI=1S/C27H34N4O2/c1-18(2)15-22-20-7-6-8-21-26(20)19(17-28-21)16-23(29-22)27(32)31-13-11-30(12-14-31)24-9-4-5-10-25(24)33-3/h4-10,17-18,22-23,28-29H,11-16H2,1-3H3. The molecule has 2 N–H and O–H groups in total. The molecule has 0 bridgehead atoms. The summed E-state index contributed by atoms with van der Waals surface area (Å²) in [6, 6.07) is 14.5. The minimum Gasteiger partial charge on any atom is -0.495 e. The Bertz CT molecular complexity index is 1130. The second-order valence-corrected chi connectivity index (χ2v) is 9.67. The van der Waals surface area contributed by atoms with Gasteiger partial charge in [0.2, 0.25) is 5.91 Å². The summed E-state index contributed by atoms with van der Waals surface area (Å²) in [5.41, 5.74) is 4.82. The first-order chi connectivity index (χ1) is 16.0. The van der Waals surface area contributed by atoms with Crippen LogP contribution in [-0.4, -0.2) is 55.1 Å². The molecule has 1 fully saturated rings. The zero-order chi connectivity index (χ0) is 22.9. The van der Waals surface area contributed by atoms with Crippen LogP contribution in [0.3, 0.4) is 0 Å². The number of carbonyl (C=O) groups excluding carboxylic acids is 1. The monoisotopic (exact) mass is 446 g/mol. The van der Waals surface area contributed by atoms with Crippen LogP contribution in [0.25, 0.3) is 10.9 Å². The van der Waals surface area contributed by atoms with Crippen LogP contribution in [-0.2, 0) is 11.2 Å². The number of aromatic nitrogens is 1. The van der Waals surface area contributed by atoms with Gasteiger partial charge in [0.1, 0.15) is 5.75 Å². The zero-order valence-corrected chi connectivity index (χ0v) is 19.8. The summed E-state index contributed by atoms with van der Waals surface area (Å²) in [6.45, 7) is 7.56. The van der Waals surface area contributed by atoms with Crippen molar-refractivity contribution in [1.82, 2.24) is 15.2 Å². The van der Waals surface area contributed by atoms with E-state index in [1.165, 1.54) is 16.5 Å². The van der Waals surface area contributed by atoms with Gasteiger partial charge in [-0.25, -0.2) is 0 Å². The number of nitrogens with zero attached hydrogens (tertiary/aromatic N) is 2. The molecule has 1 amide bonds. The molecule has 3 aromatic rings. The number of rotatable bonds is 5. The first-order valence-corrected chi connectivity index (χ1v) is 12.1. The first kappa shape index (κ1) is 21.8. The summed E-state index contributed by atoms with van der Waals surface area (Å²) < 4.78 is 5.54. The van der Waals surface area contributed by atoms with Crippen molar-refractivity contribution in [3.8, 4) is 5.75 Å². The van der Waals surface area contributed by atoms with Gasteiger partial charge in [-0.1, -0.05) is 38.1 Å². The summed E-state index contributed by atoms with van der Waals surface area (Å²) in [7, 11) is 1.71. The average Bonchev–Trinajstić information content (AvgIpc) is 3.18. The molecule has 174 valence electrons. The summed E-state index contributed by atoms with van der Waals surface area (Å²) in [4.78, 5) is 21.5. The van der Waals surface area contributed by atoms with Gasteiger partial charge >= 0.3 is 0 Å². The number of amides is 1. The Kier molecular flexibility index (Phi) is 6.02. The Labute approximate surface area is 195 Å². The number of nitrogens with one attached hydrogen (secondary N) is 2. The van der Waals surface area contributed by atoms with Crippen molar-refractivity contribution in [3.63, 3.8) is 0 Å². The second-order valence-electron chi connectivity index (χ2n) is 9.67. The van der Waals surface area contributed by atoms with Crippen LogP contribution in [0.2, 0.25) is 0 Å². The minimum atomic E-state index is -0.210. The molecule has 3 heterocycles. The predicted octanol–water partition coefficient (Wildman–Crippen LogP) is 4.13. The van der Waals surface area contributed by atoms with Gasteiger partial charge in [-0.2, -0.15) is 0 Å². The molecule has 5 rings (SSSR count). The first-order valence-electron chi connectivity index (χ1n) is 12.1. The molecule has 2 aliphatic rings. The number of hydrogen-bond acceptors (Lipinski definition) is 4. The van der Waals surface area contributed by atoms with E-state index in [4.69, 9.17) is 4.74 Å².